The van der Waals surface area contributed by atoms with E-state index in [1.54, 1.807) is 32.0 Å². The maximum atomic E-state index is 13.3. The highest BCUT2D eigenvalue weighted by Gasteiger charge is 2.14. The van der Waals surface area contributed by atoms with E-state index in [4.69, 9.17) is 5.73 Å². The Bertz CT molecular complexity index is 352. The highest BCUT2D eigenvalue weighted by Crippen LogP contribution is 2.15. The number of nitrogens with one attached hydrogen (secondary N) is 1. The molecule has 1 amide bonds. The second kappa shape index (κ2) is 4.89. The summed E-state index contributed by atoms with van der Waals surface area (Å²) in [4.78, 5) is 11.3. The van der Waals surface area contributed by atoms with Crippen molar-refractivity contribution in [1.29, 1.82) is 0 Å². The molecule has 0 fully saturated rings. The summed E-state index contributed by atoms with van der Waals surface area (Å²) >= 11 is 0. The van der Waals surface area contributed by atoms with Gasteiger partial charge >= 0.3 is 0 Å². The molecule has 82 valence electrons. The van der Waals surface area contributed by atoms with Gasteiger partial charge in [-0.05, 0) is 19.9 Å². The third-order valence-corrected chi connectivity index (χ3v) is 2.14. The lowest BCUT2D eigenvalue weighted by Gasteiger charge is -2.16. The van der Waals surface area contributed by atoms with Crippen molar-refractivity contribution >= 4 is 5.91 Å². The molecule has 3 nitrogen and oxygen atoms in total. The summed E-state index contributed by atoms with van der Waals surface area (Å²) in [6.07, 6.45) is 0. The van der Waals surface area contributed by atoms with E-state index in [1.165, 1.54) is 6.07 Å². The fourth-order valence-electron chi connectivity index (χ4n) is 1.25. The summed E-state index contributed by atoms with van der Waals surface area (Å²) in [5, 5.41) is 2.63. The molecule has 0 unspecified atom stereocenters. The standard InChI is InChI=1S/C11H15FN2O/c1-7(13)11(15)14-8(2)9-5-3-4-6-10(9)12/h3-8H,13H2,1-2H3,(H,14,15)/t7-,8-/m1/s1. The van der Waals surface area contributed by atoms with Crippen LogP contribution in [-0.2, 0) is 4.79 Å². The average Bonchev–Trinajstić information content (AvgIpc) is 2.18. The molecule has 4 heteroatoms. The summed E-state index contributed by atoms with van der Waals surface area (Å²) in [5.74, 6) is -0.610. The van der Waals surface area contributed by atoms with Crippen LogP contribution in [0.2, 0.25) is 0 Å². The Balaban J connectivity index is 2.73. The van der Waals surface area contributed by atoms with E-state index in [1.807, 2.05) is 0 Å². The number of halogens is 1. The Hall–Kier alpha value is -1.42. The molecule has 0 radical (unpaired) electrons. The van der Waals surface area contributed by atoms with E-state index in [0.717, 1.165) is 0 Å². The summed E-state index contributed by atoms with van der Waals surface area (Å²) < 4.78 is 13.3. The second-order valence-corrected chi connectivity index (χ2v) is 3.54. The Morgan fingerprint density at radius 2 is 2.00 bits per heavy atom. The van der Waals surface area contributed by atoms with Gasteiger partial charge in [0, 0.05) is 5.56 Å². The van der Waals surface area contributed by atoms with Crippen LogP contribution in [0.3, 0.4) is 0 Å². The lowest BCUT2D eigenvalue weighted by Crippen LogP contribution is -2.39. The van der Waals surface area contributed by atoms with Gasteiger partial charge in [0.25, 0.3) is 0 Å². The molecule has 0 heterocycles. The number of amides is 1. The molecular formula is C11H15FN2O. The van der Waals surface area contributed by atoms with Gasteiger partial charge < -0.3 is 11.1 Å². The summed E-state index contributed by atoms with van der Waals surface area (Å²) in [7, 11) is 0. The molecule has 0 bridgehead atoms. The molecule has 3 N–H and O–H groups in total. The Kier molecular flexibility index (Phi) is 3.80. The van der Waals surface area contributed by atoms with E-state index >= 15 is 0 Å². The van der Waals surface area contributed by atoms with E-state index in [2.05, 4.69) is 5.32 Å². The number of benzene rings is 1. The smallest absolute Gasteiger partial charge is 0.237 e. The van der Waals surface area contributed by atoms with Crippen molar-refractivity contribution in [2.45, 2.75) is 25.9 Å². The van der Waals surface area contributed by atoms with Crippen LogP contribution in [0.1, 0.15) is 25.5 Å². The van der Waals surface area contributed by atoms with Crippen LogP contribution in [0.25, 0.3) is 0 Å². The Morgan fingerprint density at radius 3 is 2.53 bits per heavy atom. The predicted molar refractivity (Wildman–Crippen MR) is 56.6 cm³/mol. The van der Waals surface area contributed by atoms with Gasteiger partial charge in [0.15, 0.2) is 0 Å². The first-order chi connectivity index (χ1) is 7.02. The van der Waals surface area contributed by atoms with Gasteiger partial charge in [0.2, 0.25) is 5.91 Å². The van der Waals surface area contributed by atoms with Gasteiger partial charge in [-0.1, -0.05) is 18.2 Å². The van der Waals surface area contributed by atoms with Crippen molar-refractivity contribution in [2.75, 3.05) is 0 Å². The molecule has 0 saturated heterocycles. The number of rotatable bonds is 3. The molecule has 0 aliphatic rings. The zero-order valence-electron chi connectivity index (χ0n) is 8.83. The van der Waals surface area contributed by atoms with Crippen molar-refractivity contribution < 1.29 is 9.18 Å². The Morgan fingerprint density at radius 1 is 1.40 bits per heavy atom. The molecule has 1 aromatic rings. The molecule has 1 rings (SSSR count). The first kappa shape index (κ1) is 11.7. The minimum absolute atomic E-state index is 0.286. The Labute approximate surface area is 88.5 Å². The highest BCUT2D eigenvalue weighted by atomic mass is 19.1. The van der Waals surface area contributed by atoms with E-state index in [0.29, 0.717) is 5.56 Å². The molecule has 1 aromatic carbocycles. The first-order valence-corrected chi connectivity index (χ1v) is 4.82. The molecule has 15 heavy (non-hydrogen) atoms. The van der Waals surface area contributed by atoms with Gasteiger partial charge in [0.05, 0.1) is 12.1 Å². The second-order valence-electron chi connectivity index (χ2n) is 3.54. The van der Waals surface area contributed by atoms with Crippen LogP contribution in [0, 0.1) is 5.82 Å². The maximum Gasteiger partial charge on any atom is 0.237 e. The van der Waals surface area contributed by atoms with Crippen LogP contribution in [0.5, 0.6) is 0 Å². The zero-order chi connectivity index (χ0) is 11.4. The maximum absolute atomic E-state index is 13.3. The number of hydrogen-bond acceptors (Lipinski definition) is 2. The van der Waals surface area contributed by atoms with E-state index < -0.39 is 6.04 Å². The monoisotopic (exact) mass is 210 g/mol. The topological polar surface area (TPSA) is 55.1 Å². The zero-order valence-corrected chi connectivity index (χ0v) is 8.83. The van der Waals surface area contributed by atoms with E-state index in [9.17, 15) is 9.18 Å². The summed E-state index contributed by atoms with van der Waals surface area (Å²) in [6.45, 7) is 3.31. The third kappa shape index (κ3) is 3.02. The SMILES string of the molecule is C[C@@H](N)C(=O)N[C@H](C)c1ccccc1F. The predicted octanol–water partition coefficient (Wildman–Crippen LogP) is 1.35. The number of nitrogens with two attached hydrogens (primary N) is 1. The van der Waals surface area contributed by atoms with Crippen molar-refractivity contribution in [3.63, 3.8) is 0 Å². The first-order valence-electron chi connectivity index (χ1n) is 4.82. The molecular weight excluding hydrogens is 195 g/mol. The molecule has 0 spiro atoms. The lowest BCUT2D eigenvalue weighted by molar-refractivity contribution is -0.122. The van der Waals surface area contributed by atoms with Gasteiger partial charge in [-0.15, -0.1) is 0 Å². The third-order valence-electron chi connectivity index (χ3n) is 2.14. The fourth-order valence-corrected chi connectivity index (χ4v) is 1.25. The average molecular weight is 210 g/mol. The molecule has 0 saturated carbocycles. The minimum Gasteiger partial charge on any atom is -0.348 e. The van der Waals surface area contributed by atoms with Crippen LogP contribution in [-0.4, -0.2) is 11.9 Å². The van der Waals surface area contributed by atoms with Gasteiger partial charge in [-0.3, -0.25) is 4.79 Å². The van der Waals surface area contributed by atoms with Crippen molar-refractivity contribution in [1.82, 2.24) is 5.32 Å². The summed E-state index contributed by atoms with van der Waals surface area (Å²) in [5.41, 5.74) is 5.86. The highest BCUT2D eigenvalue weighted by molar-refractivity contribution is 5.81. The molecule has 0 aromatic heterocycles. The lowest BCUT2D eigenvalue weighted by atomic mass is 10.1. The van der Waals surface area contributed by atoms with Crippen LogP contribution in [0.15, 0.2) is 24.3 Å². The van der Waals surface area contributed by atoms with Crippen LogP contribution >= 0.6 is 0 Å². The minimum atomic E-state index is -0.584. The molecule has 0 aliphatic carbocycles. The molecule has 0 aliphatic heterocycles. The van der Waals surface area contributed by atoms with Crippen LogP contribution < -0.4 is 11.1 Å². The largest absolute Gasteiger partial charge is 0.348 e. The van der Waals surface area contributed by atoms with Crippen LogP contribution in [0.4, 0.5) is 4.39 Å². The number of hydrogen-bond donors (Lipinski definition) is 2. The number of carbonyl (C=O) groups excluding carboxylic acids is 1. The molecule has 2 atom stereocenters. The van der Waals surface area contributed by atoms with E-state index in [-0.39, 0.29) is 17.8 Å². The normalized spacial score (nSPS) is 14.4. The van der Waals surface area contributed by atoms with Gasteiger partial charge in [-0.2, -0.15) is 0 Å². The quantitative estimate of drug-likeness (QED) is 0.791. The van der Waals surface area contributed by atoms with Gasteiger partial charge in [0.1, 0.15) is 5.82 Å². The van der Waals surface area contributed by atoms with Crippen molar-refractivity contribution in [3.8, 4) is 0 Å². The van der Waals surface area contributed by atoms with Gasteiger partial charge in [-0.25, -0.2) is 4.39 Å². The van der Waals surface area contributed by atoms with Crippen molar-refractivity contribution in [3.05, 3.63) is 35.6 Å². The number of carbonyl (C=O) groups is 1. The summed E-state index contributed by atoms with van der Waals surface area (Å²) in [6, 6.07) is 5.39. The fraction of sp³-hybridized carbons (Fsp3) is 0.364. The van der Waals surface area contributed by atoms with Crippen molar-refractivity contribution in [2.24, 2.45) is 5.73 Å².